The molecule has 152 valence electrons. The van der Waals surface area contributed by atoms with Gasteiger partial charge in [-0.1, -0.05) is 32.9 Å². The molecule has 4 heteroatoms. The Labute approximate surface area is 164 Å². The van der Waals surface area contributed by atoms with Crippen LogP contribution in [0, 0.1) is 39.9 Å². The molecule has 27 heavy (non-hydrogen) atoms. The third-order valence-electron chi connectivity index (χ3n) is 9.48. The Morgan fingerprint density at radius 2 is 1.81 bits per heavy atom. The first-order valence-electron chi connectivity index (χ1n) is 11.2. The highest BCUT2D eigenvalue weighted by Gasteiger charge is 2.62. The first-order chi connectivity index (χ1) is 12.7. The van der Waals surface area contributed by atoms with E-state index in [4.69, 9.17) is 10.6 Å². The Bertz CT molecular complexity index is 642. The molecule has 4 saturated carbocycles. The zero-order valence-corrected chi connectivity index (χ0v) is 17.7. The van der Waals surface area contributed by atoms with Gasteiger partial charge in [-0.2, -0.15) is 0 Å². The molecule has 4 aliphatic rings. The van der Waals surface area contributed by atoms with Gasteiger partial charge in [-0.15, -0.1) is 0 Å². The molecule has 0 amide bonds. The lowest BCUT2D eigenvalue weighted by Gasteiger charge is -2.63. The fraction of sp³-hybridized carbons (Fsp3) is 0.913. The van der Waals surface area contributed by atoms with Gasteiger partial charge in [-0.25, -0.2) is 0 Å². The van der Waals surface area contributed by atoms with Gasteiger partial charge in [0.2, 0.25) is 0 Å². The molecule has 0 aliphatic heterocycles. The summed E-state index contributed by atoms with van der Waals surface area (Å²) < 4.78 is 0. The van der Waals surface area contributed by atoms with Crippen LogP contribution in [0.2, 0.25) is 0 Å². The number of ketones is 1. The molecule has 1 unspecified atom stereocenters. The van der Waals surface area contributed by atoms with Gasteiger partial charge in [0.1, 0.15) is 12.4 Å². The van der Waals surface area contributed by atoms with Crippen LogP contribution in [0.3, 0.4) is 0 Å². The summed E-state index contributed by atoms with van der Waals surface area (Å²) in [6, 6.07) is 0. The van der Waals surface area contributed by atoms with Gasteiger partial charge in [0.15, 0.2) is 0 Å². The minimum absolute atomic E-state index is 0.0166. The Hall–Kier alpha value is -0.900. The van der Waals surface area contributed by atoms with E-state index in [1.165, 1.54) is 31.4 Å². The molecule has 0 spiro atoms. The Morgan fingerprint density at radius 3 is 2.56 bits per heavy atom. The van der Waals surface area contributed by atoms with Crippen LogP contribution in [0.5, 0.6) is 0 Å². The zero-order valence-electron chi connectivity index (χ0n) is 17.7. The van der Waals surface area contributed by atoms with Crippen molar-refractivity contribution in [3.63, 3.8) is 0 Å². The standard InChI is InChI=1S/C23H38N2O2/c1-21(2)18-7-5-15-16-6-8-20(26)23(16,4)11-9-17(15)22(18,3)12-10-19(21)25-27-14-13-24/h15-18H,5-14,24H2,1-4H3/t15-,16-,17+,18?,22+,23-/m0/s1. The van der Waals surface area contributed by atoms with E-state index in [-0.39, 0.29) is 10.8 Å². The SMILES string of the molecule is CC1(C)C(=NOCCN)CC[C@@]2(C)C1CC[C@@H]1[C@H]2CC[C@]2(C)C(=O)CC[C@@H]12. The molecule has 0 bridgehead atoms. The molecule has 4 fully saturated rings. The zero-order chi connectivity index (χ0) is 19.4. The van der Waals surface area contributed by atoms with Crippen molar-refractivity contribution in [2.24, 2.45) is 50.8 Å². The summed E-state index contributed by atoms with van der Waals surface area (Å²) in [5, 5.41) is 4.52. The second kappa shape index (κ2) is 6.57. The van der Waals surface area contributed by atoms with Gasteiger partial charge >= 0.3 is 0 Å². The summed E-state index contributed by atoms with van der Waals surface area (Å²) in [7, 11) is 0. The minimum atomic E-state index is -0.0166. The number of hydrogen-bond acceptors (Lipinski definition) is 4. The van der Waals surface area contributed by atoms with Crippen molar-refractivity contribution in [1.82, 2.24) is 0 Å². The van der Waals surface area contributed by atoms with Crippen LogP contribution in [-0.2, 0) is 9.63 Å². The minimum Gasteiger partial charge on any atom is -0.394 e. The molecule has 6 atom stereocenters. The van der Waals surface area contributed by atoms with E-state index in [0.29, 0.717) is 36.2 Å². The van der Waals surface area contributed by atoms with Crippen molar-refractivity contribution < 1.29 is 9.63 Å². The largest absolute Gasteiger partial charge is 0.394 e. The van der Waals surface area contributed by atoms with Crippen molar-refractivity contribution in [2.75, 3.05) is 13.2 Å². The van der Waals surface area contributed by atoms with E-state index >= 15 is 0 Å². The highest BCUT2D eigenvalue weighted by Crippen LogP contribution is 2.67. The lowest BCUT2D eigenvalue weighted by molar-refractivity contribution is -0.141. The van der Waals surface area contributed by atoms with Crippen molar-refractivity contribution in [3.8, 4) is 0 Å². The summed E-state index contributed by atoms with van der Waals surface area (Å²) in [6.07, 6.45) is 9.12. The van der Waals surface area contributed by atoms with Crippen LogP contribution in [-0.4, -0.2) is 24.6 Å². The van der Waals surface area contributed by atoms with E-state index < -0.39 is 0 Å². The normalized spacial score (nSPS) is 47.3. The van der Waals surface area contributed by atoms with E-state index in [9.17, 15) is 4.79 Å². The smallest absolute Gasteiger partial charge is 0.139 e. The number of Topliss-reactive ketones (excluding diaryl/α,β-unsaturated/α-hetero) is 1. The van der Waals surface area contributed by atoms with Crippen molar-refractivity contribution in [1.29, 1.82) is 0 Å². The quantitative estimate of drug-likeness (QED) is 0.581. The number of oxime groups is 1. The fourth-order valence-electron chi connectivity index (χ4n) is 8.02. The molecular formula is C23H38N2O2. The van der Waals surface area contributed by atoms with Crippen molar-refractivity contribution in [3.05, 3.63) is 0 Å². The van der Waals surface area contributed by atoms with Gasteiger partial charge < -0.3 is 10.6 Å². The Balaban J connectivity index is 1.60. The number of carbonyl (C=O) groups excluding carboxylic acids is 1. The molecule has 0 aromatic heterocycles. The van der Waals surface area contributed by atoms with Gasteiger partial charge in [0.25, 0.3) is 0 Å². The number of rotatable bonds is 3. The van der Waals surface area contributed by atoms with E-state index in [0.717, 1.165) is 37.5 Å². The second-order valence-electron chi connectivity index (χ2n) is 10.8. The maximum Gasteiger partial charge on any atom is 0.139 e. The number of nitrogens with zero attached hydrogens (tertiary/aromatic N) is 1. The molecule has 0 aromatic carbocycles. The fourth-order valence-corrected chi connectivity index (χ4v) is 8.02. The molecule has 0 aromatic rings. The van der Waals surface area contributed by atoms with Crippen LogP contribution in [0.15, 0.2) is 5.16 Å². The maximum atomic E-state index is 12.6. The molecule has 4 rings (SSSR count). The van der Waals surface area contributed by atoms with E-state index in [2.05, 4.69) is 32.9 Å². The van der Waals surface area contributed by atoms with Crippen molar-refractivity contribution >= 4 is 11.5 Å². The molecule has 0 radical (unpaired) electrons. The molecular weight excluding hydrogens is 336 g/mol. The van der Waals surface area contributed by atoms with Crippen LogP contribution in [0.4, 0.5) is 0 Å². The average Bonchev–Trinajstić information content (AvgIpc) is 2.92. The molecule has 0 saturated heterocycles. The van der Waals surface area contributed by atoms with Crippen LogP contribution >= 0.6 is 0 Å². The highest BCUT2D eigenvalue weighted by atomic mass is 16.6. The van der Waals surface area contributed by atoms with Gasteiger partial charge in [-0.3, -0.25) is 4.79 Å². The number of nitrogens with two attached hydrogens (primary N) is 1. The van der Waals surface area contributed by atoms with Gasteiger partial charge in [0.05, 0.1) is 5.71 Å². The summed E-state index contributed by atoms with van der Waals surface area (Å²) in [5.41, 5.74) is 7.22. The van der Waals surface area contributed by atoms with Gasteiger partial charge in [-0.05, 0) is 74.0 Å². The predicted octanol–water partition coefficient (Wildman–Crippen LogP) is 4.57. The summed E-state index contributed by atoms with van der Waals surface area (Å²) in [5.74, 6) is 3.35. The van der Waals surface area contributed by atoms with Gasteiger partial charge in [0, 0.05) is 23.8 Å². The van der Waals surface area contributed by atoms with Crippen LogP contribution in [0.25, 0.3) is 0 Å². The average molecular weight is 375 g/mol. The summed E-state index contributed by atoms with van der Waals surface area (Å²) >= 11 is 0. The molecule has 2 N–H and O–H groups in total. The van der Waals surface area contributed by atoms with Crippen LogP contribution in [0.1, 0.15) is 79.1 Å². The second-order valence-corrected chi connectivity index (χ2v) is 10.8. The maximum absolute atomic E-state index is 12.6. The third kappa shape index (κ3) is 2.73. The topological polar surface area (TPSA) is 64.7 Å². The highest BCUT2D eigenvalue weighted by molar-refractivity contribution is 5.90. The first-order valence-corrected chi connectivity index (χ1v) is 11.2. The van der Waals surface area contributed by atoms with E-state index in [1.54, 1.807) is 0 Å². The van der Waals surface area contributed by atoms with E-state index in [1.807, 2.05) is 0 Å². The van der Waals surface area contributed by atoms with Crippen LogP contribution < -0.4 is 5.73 Å². The number of hydrogen-bond donors (Lipinski definition) is 1. The predicted molar refractivity (Wildman–Crippen MR) is 108 cm³/mol. The molecule has 4 nitrogen and oxygen atoms in total. The molecule has 0 heterocycles. The lowest BCUT2D eigenvalue weighted by Crippen LogP contribution is -2.58. The third-order valence-corrected chi connectivity index (χ3v) is 9.48. The summed E-state index contributed by atoms with van der Waals surface area (Å²) in [4.78, 5) is 18.1. The Morgan fingerprint density at radius 1 is 1.04 bits per heavy atom. The number of fused-ring (bicyclic) bond motifs is 5. The lowest BCUT2D eigenvalue weighted by atomic mass is 9.41. The first kappa shape index (κ1) is 19.4. The Kier molecular flexibility index (Phi) is 4.73. The number of carbonyl (C=O) groups is 1. The van der Waals surface area contributed by atoms with Crippen molar-refractivity contribution in [2.45, 2.75) is 79.1 Å². The monoisotopic (exact) mass is 374 g/mol. The molecule has 4 aliphatic carbocycles. The summed E-state index contributed by atoms with van der Waals surface area (Å²) in [6.45, 7) is 10.6.